The van der Waals surface area contributed by atoms with Gasteiger partial charge in [-0.1, -0.05) is 55.3 Å². The van der Waals surface area contributed by atoms with Crippen LogP contribution < -0.4 is 16.4 Å². The van der Waals surface area contributed by atoms with Crippen molar-refractivity contribution in [1.82, 2.24) is 25.3 Å². The van der Waals surface area contributed by atoms with Crippen molar-refractivity contribution in [3.63, 3.8) is 0 Å². The zero-order valence-corrected chi connectivity index (χ0v) is 18.5. The number of likely N-dealkylation sites (N-methyl/N-ethyl adjacent to an activating group) is 1. The standard InChI is InChI=1S/C25H31N5O2/c1-29(25(32)18-30-23-14-8-7-13-21(23)26-17-24(30)31)15-9-3-6-12-20-16-22(28-27-20)19-10-4-2-5-11-19/h2,4-5,7-8,10-11,13-14,17,20,22,27-28H,3,6,9,12,15-16,18H2,1H3. The SMILES string of the molecule is CN(CCCCCC1CC(c2ccccc2)NN1)C(=O)Cn1c(=O)cnc2ccccc21. The number of rotatable bonds is 9. The van der Waals surface area contributed by atoms with Crippen LogP contribution in [0.2, 0.25) is 0 Å². The number of benzene rings is 2. The van der Waals surface area contributed by atoms with Crippen molar-refractivity contribution >= 4 is 16.9 Å². The third-order valence-electron chi connectivity index (χ3n) is 6.20. The van der Waals surface area contributed by atoms with Crippen molar-refractivity contribution in [2.24, 2.45) is 0 Å². The molecule has 7 heteroatoms. The quantitative estimate of drug-likeness (QED) is 0.507. The molecule has 1 fully saturated rings. The Hall–Kier alpha value is -3.03. The summed E-state index contributed by atoms with van der Waals surface area (Å²) in [7, 11) is 1.81. The summed E-state index contributed by atoms with van der Waals surface area (Å²) in [5.41, 5.74) is 9.29. The number of hydrogen-bond acceptors (Lipinski definition) is 5. The second-order valence-corrected chi connectivity index (χ2v) is 8.52. The van der Waals surface area contributed by atoms with Gasteiger partial charge in [-0.3, -0.25) is 25.0 Å². The Bertz CT molecular complexity index is 1100. The summed E-state index contributed by atoms with van der Waals surface area (Å²) in [6, 6.07) is 18.8. The minimum Gasteiger partial charge on any atom is -0.344 e. The Labute approximate surface area is 188 Å². The van der Waals surface area contributed by atoms with Crippen LogP contribution in [-0.2, 0) is 11.3 Å². The van der Waals surface area contributed by atoms with Crippen molar-refractivity contribution in [1.29, 1.82) is 0 Å². The van der Waals surface area contributed by atoms with Crippen molar-refractivity contribution in [3.05, 3.63) is 76.7 Å². The molecule has 0 saturated carbocycles. The van der Waals surface area contributed by atoms with E-state index in [1.54, 1.807) is 4.90 Å². The Morgan fingerprint density at radius 3 is 2.69 bits per heavy atom. The summed E-state index contributed by atoms with van der Waals surface area (Å²) in [6.07, 6.45) is 6.64. The van der Waals surface area contributed by atoms with Crippen LogP contribution in [0.1, 0.15) is 43.7 Å². The number of carbonyl (C=O) groups excluding carboxylic acids is 1. The fourth-order valence-corrected chi connectivity index (χ4v) is 4.29. The minimum absolute atomic E-state index is 0.0386. The zero-order valence-electron chi connectivity index (χ0n) is 18.5. The van der Waals surface area contributed by atoms with Gasteiger partial charge in [-0.05, 0) is 37.0 Å². The molecular formula is C25H31N5O2. The highest BCUT2D eigenvalue weighted by atomic mass is 16.2. The molecule has 1 amide bonds. The van der Waals surface area contributed by atoms with E-state index in [9.17, 15) is 9.59 Å². The predicted octanol–water partition coefficient (Wildman–Crippen LogP) is 3.02. The topological polar surface area (TPSA) is 79.3 Å². The van der Waals surface area contributed by atoms with E-state index in [0.29, 0.717) is 29.7 Å². The fraction of sp³-hybridized carbons (Fsp3) is 0.400. The molecule has 1 aromatic heterocycles. The molecule has 2 unspecified atom stereocenters. The maximum absolute atomic E-state index is 12.7. The average molecular weight is 434 g/mol. The number of nitrogens with one attached hydrogen (secondary N) is 2. The van der Waals surface area contributed by atoms with Crippen molar-refractivity contribution < 1.29 is 4.79 Å². The monoisotopic (exact) mass is 433 g/mol. The second kappa shape index (κ2) is 10.5. The molecule has 0 aliphatic carbocycles. The molecule has 2 N–H and O–H groups in total. The first-order chi connectivity index (χ1) is 15.6. The highest BCUT2D eigenvalue weighted by Crippen LogP contribution is 2.24. The van der Waals surface area contributed by atoms with E-state index >= 15 is 0 Å². The molecular weight excluding hydrogens is 402 g/mol. The second-order valence-electron chi connectivity index (χ2n) is 8.52. The predicted molar refractivity (Wildman–Crippen MR) is 126 cm³/mol. The Balaban J connectivity index is 1.18. The van der Waals surface area contributed by atoms with Gasteiger partial charge in [0, 0.05) is 25.7 Å². The van der Waals surface area contributed by atoms with E-state index in [0.717, 1.165) is 32.1 Å². The summed E-state index contributed by atoms with van der Waals surface area (Å²) >= 11 is 0. The van der Waals surface area contributed by atoms with Crippen LogP contribution in [0.25, 0.3) is 11.0 Å². The molecule has 0 radical (unpaired) electrons. The lowest BCUT2D eigenvalue weighted by Crippen LogP contribution is -2.34. The molecule has 1 saturated heterocycles. The summed E-state index contributed by atoms with van der Waals surface area (Å²) in [5, 5.41) is 0. The van der Waals surface area contributed by atoms with Crippen molar-refractivity contribution in [2.75, 3.05) is 13.6 Å². The largest absolute Gasteiger partial charge is 0.344 e. The first-order valence-electron chi connectivity index (χ1n) is 11.4. The zero-order chi connectivity index (χ0) is 22.3. The molecule has 0 bridgehead atoms. The van der Waals surface area contributed by atoms with Crippen LogP contribution >= 0.6 is 0 Å². The lowest BCUT2D eigenvalue weighted by molar-refractivity contribution is -0.130. The summed E-state index contributed by atoms with van der Waals surface area (Å²) < 4.78 is 1.50. The van der Waals surface area contributed by atoms with E-state index in [2.05, 4.69) is 40.1 Å². The van der Waals surface area contributed by atoms with Gasteiger partial charge >= 0.3 is 0 Å². The highest BCUT2D eigenvalue weighted by molar-refractivity contribution is 5.79. The van der Waals surface area contributed by atoms with Gasteiger partial charge in [0.2, 0.25) is 5.91 Å². The van der Waals surface area contributed by atoms with E-state index in [1.807, 2.05) is 37.4 Å². The molecule has 2 heterocycles. The number of nitrogens with zero attached hydrogens (tertiary/aromatic N) is 3. The van der Waals surface area contributed by atoms with Gasteiger partial charge in [0.05, 0.1) is 17.2 Å². The van der Waals surface area contributed by atoms with E-state index in [-0.39, 0.29) is 18.0 Å². The minimum atomic E-state index is -0.253. The molecule has 7 nitrogen and oxygen atoms in total. The van der Waals surface area contributed by atoms with Crippen LogP contribution in [0.3, 0.4) is 0 Å². The van der Waals surface area contributed by atoms with Gasteiger partial charge in [-0.25, -0.2) is 4.98 Å². The van der Waals surface area contributed by atoms with Crippen LogP contribution in [0, 0.1) is 0 Å². The van der Waals surface area contributed by atoms with Gasteiger partial charge in [0.1, 0.15) is 6.54 Å². The maximum atomic E-state index is 12.7. The van der Waals surface area contributed by atoms with Gasteiger partial charge in [0.15, 0.2) is 0 Å². The molecule has 0 spiro atoms. The van der Waals surface area contributed by atoms with Crippen LogP contribution in [0.5, 0.6) is 0 Å². The third-order valence-corrected chi connectivity index (χ3v) is 6.20. The van der Waals surface area contributed by atoms with Crippen molar-refractivity contribution in [3.8, 4) is 0 Å². The first kappa shape index (κ1) is 22.2. The first-order valence-corrected chi connectivity index (χ1v) is 11.4. The lowest BCUT2D eigenvalue weighted by atomic mass is 9.99. The average Bonchev–Trinajstić information content (AvgIpc) is 3.30. The van der Waals surface area contributed by atoms with Crippen LogP contribution in [0.15, 0.2) is 65.6 Å². The number of hydrogen-bond donors (Lipinski definition) is 2. The number of aromatic nitrogens is 2. The Kier molecular flexibility index (Phi) is 7.29. The molecule has 2 atom stereocenters. The lowest BCUT2D eigenvalue weighted by Gasteiger charge is -2.18. The van der Waals surface area contributed by atoms with E-state index in [4.69, 9.17) is 0 Å². The molecule has 1 aliphatic rings. The normalized spacial score (nSPS) is 18.2. The molecule has 1 aliphatic heterocycles. The van der Waals surface area contributed by atoms with Gasteiger partial charge in [-0.2, -0.15) is 0 Å². The van der Waals surface area contributed by atoms with Crippen LogP contribution in [-0.4, -0.2) is 40.0 Å². The summed E-state index contributed by atoms with van der Waals surface area (Å²) in [6.45, 7) is 0.733. The number of hydrazine groups is 1. The number of amides is 1. The fourth-order valence-electron chi connectivity index (χ4n) is 4.29. The molecule has 2 aromatic carbocycles. The van der Waals surface area contributed by atoms with Gasteiger partial charge in [0.25, 0.3) is 5.56 Å². The summed E-state index contributed by atoms with van der Waals surface area (Å²) in [4.78, 5) is 30.8. The van der Waals surface area contributed by atoms with Crippen molar-refractivity contribution in [2.45, 2.75) is 50.7 Å². The van der Waals surface area contributed by atoms with E-state index < -0.39 is 0 Å². The number of unbranched alkanes of at least 4 members (excludes halogenated alkanes) is 2. The maximum Gasteiger partial charge on any atom is 0.269 e. The Morgan fingerprint density at radius 1 is 1.06 bits per heavy atom. The third kappa shape index (κ3) is 5.41. The summed E-state index contributed by atoms with van der Waals surface area (Å²) in [5.74, 6) is -0.0594. The molecule has 168 valence electrons. The van der Waals surface area contributed by atoms with Crippen LogP contribution in [0.4, 0.5) is 0 Å². The highest BCUT2D eigenvalue weighted by Gasteiger charge is 2.24. The Morgan fingerprint density at radius 2 is 1.84 bits per heavy atom. The van der Waals surface area contributed by atoms with Gasteiger partial charge < -0.3 is 4.90 Å². The smallest absolute Gasteiger partial charge is 0.269 e. The number of para-hydroxylation sites is 2. The van der Waals surface area contributed by atoms with E-state index in [1.165, 1.54) is 16.3 Å². The molecule has 3 aromatic rings. The molecule has 32 heavy (non-hydrogen) atoms. The molecule has 4 rings (SSSR count). The number of fused-ring (bicyclic) bond motifs is 1. The van der Waals surface area contributed by atoms with Gasteiger partial charge in [-0.15, -0.1) is 0 Å². The number of carbonyl (C=O) groups is 1.